The second-order valence-electron chi connectivity index (χ2n) is 10.1. The minimum atomic E-state index is -0.708. The predicted molar refractivity (Wildman–Crippen MR) is 137 cm³/mol. The SMILES string of the molecule is CCOC(=O)[C@@H](N)Cc1ccc(C(=O)NC[C@@H](c2ccc(Cl)cc2)C2CCC(C)(C)CC2)cc1. The highest BCUT2D eigenvalue weighted by molar-refractivity contribution is 6.30. The van der Waals surface area contributed by atoms with Crippen molar-refractivity contribution < 1.29 is 14.3 Å². The van der Waals surface area contributed by atoms with Crippen LogP contribution in [0, 0.1) is 11.3 Å². The molecule has 1 aliphatic rings. The molecular formula is C28H37ClN2O3. The van der Waals surface area contributed by atoms with Gasteiger partial charge in [0.05, 0.1) is 6.61 Å². The average molecular weight is 485 g/mol. The summed E-state index contributed by atoms with van der Waals surface area (Å²) in [6, 6.07) is 14.6. The van der Waals surface area contributed by atoms with Gasteiger partial charge < -0.3 is 15.8 Å². The Balaban J connectivity index is 1.63. The zero-order chi connectivity index (χ0) is 24.7. The highest BCUT2D eigenvalue weighted by Crippen LogP contribution is 2.43. The molecule has 0 aromatic heterocycles. The summed E-state index contributed by atoms with van der Waals surface area (Å²) in [5.74, 6) is 0.264. The maximum Gasteiger partial charge on any atom is 0.323 e. The predicted octanol–water partition coefficient (Wildman–Crippen LogP) is 5.50. The van der Waals surface area contributed by atoms with Crippen LogP contribution in [0.25, 0.3) is 0 Å². The van der Waals surface area contributed by atoms with Crippen molar-refractivity contribution in [2.24, 2.45) is 17.1 Å². The first-order valence-corrected chi connectivity index (χ1v) is 12.6. The zero-order valence-electron chi connectivity index (χ0n) is 20.5. The van der Waals surface area contributed by atoms with Crippen molar-refractivity contribution >= 4 is 23.5 Å². The van der Waals surface area contributed by atoms with Crippen LogP contribution in [0.1, 0.15) is 73.9 Å². The largest absolute Gasteiger partial charge is 0.465 e. The fourth-order valence-electron chi connectivity index (χ4n) is 4.77. The number of amides is 1. The van der Waals surface area contributed by atoms with E-state index < -0.39 is 12.0 Å². The van der Waals surface area contributed by atoms with Crippen molar-refractivity contribution in [2.75, 3.05) is 13.2 Å². The summed E-state index contributed by atoms with van der Waals surface area (Å²) in [4.78, 5) is 24.7. The third-order valence-corrected chi connectivity index (χ3v) is 7.25. The Hall–Kier alpha value is -2.37. The summed E-state index contributed by atoms with van der Waals surface area (Å²) in [5.41, 5.74) is 9.00. The van der Waals surface area contributed by atoms with Gasteiger partial charge in [-0.05, 0) is 85.8 Å². The summed E-state index contributed by atoms with van der Waals surface area (Å²) in [7, 11) is 0. The lowest BCUT2D eigenvalue weighted by Crippen LogP contribution is -2.34. The normalized spacial score (nSPS) is 17.6. The summed E-state index contributed by atoms with van der Waals surface area (Å²) < 4.78 is 4.96. The molecule has 0 radical (unpaired) electrons. The molecule has 2 aromatic carbocycles. The maximum atomic E-state index is 12.9. The van der Waals surface area contributed by atoms with Crippen LogP contribution in [0.5, 0.6) is 0 Å². The lowest BCUT2D eigenvalue weighted by atomic mass is 9.68. The van der Waals surface area contributed by atoms with Gasteiger partial charge in [-0.2, -0.15) is 0 Å². The number of carbonyl (C=O) groups excluding carboxylic acids is 2. The average Bonchev–Trinajstić information content (AvgIpc) is 2.81. The number of benzene rings is 2. The number of carbonyl (C=O) groups is 2. The molecule has 0 unspecified atom stereocenters. The van der Waals surface area contributed by atoms with E-state index in [0.29, 0.717) is 36.5 Å². The molecule has 0 bridgehead atoms. The molecule has 2 aromatic rings. The Kier molecular flexibility index (Phi) is 9.15. The highest BCUT2D eigenvalue weighted by atomic mass is 35.5. The van der Waals surface area contributed by atoms with Crippen molar-refractivity contribution in [3.63, 3.8) is 0 Å². The third-order valence-electron chi connectivity index (χ3n) is 6.99. The lowest BCUT2D eigenvalue weighted by Gasteiger charge is -2.38. The van der Waals surface area contributed by atoms with Gasteiger partial charge in [0.1, 0.15) is 6.04 Å². The van der Waals surface area contributed by atoms with Crippen LogP contribution >= 0.6 is 11.6 Å². The first-order valence-electron chi connectivity index (χ1n) is 12.2. The number of esters is 1. The second kappa shape index (κ2) is 11.9. The van der Waals surface area contributed by atoms with E-state index in [9.17, 15) is 9.59 Å². The maximum absolute atomic E-state index is 12.9. The molecule has 5 nitrogen and oxygen atoms in total. The van der Waals surface area contributed by atoms with Crippen molar-refractivity contribution in [3.05, 3.63) is 70.2 Å². The second-order valence-corrected chi connectivity index (χ2v) is 10.6. The van der Waals surface area contributed by atoms with Crippen molar-refractivity contribution in [3.8, 4) is 0 Å². The monoisotopic (exact) mass is 484 g/mol. The van der Waals surface area contributed by atoms with Crippen LogP contribution in [-0.2, 0) is 16.0 Å². The topological polar surface area (TPSA) is 81.4 Å². The molecule has 2 atom stereocenters. The smallest absolute Gasteiger partial charge is 0.323 e. The number of halogens is 1. The van der Waals surface area contributed by atoms with Gasteiger partial charge >= 0.3 is 5.97 Å². The van der Waals surface area contributed by atoms with Crippen LogP contribution in [0.2, 0.25) is 5.02 Å². The quantitative estimate of drug-likeness (QED) is 0.460. The molecular weight excluding hydrogens is 448 g/mol. The van der Waals surface area contributed by atoms with Crippen molar-refractivity contribution in [2.45, 2.75) is 64.8 Å². The van der Waals surface area contributed by atoms with Crippen LogP contribution in [0.4, 0.5) is 0 Å². The molecule has 184 valence electrons. The molecule has 34 heavy (non-hydrogen) atoms. The fourth-order valence-corrected chi connectivity index (χ4v) is 4.90. The Morgan fingerprint density at radius 2 is 1.71 bits per heavy atom. The molecule has 6 heteroatoms. The van der Waals surface area contributed by atoms with E-state index in [1.165, 1.54) is 18.4 Å². The minimum Gasteiger partial charge on any atom is -0.465 e. The molecule has 1 aliphatic carbocycles. The molecule has 1 fully saturated rings. The van der Waals surface area contributed by atoms with Gasteiger partial charge in [0, 0.05) is 23.0 Å². The van der Waals surface area contributed by atoms with Gasteiger partial charge in [0.25, 0.3) is 5.91 Å². The van der Waals surface area contributed by atoms with Gasteiger partial charge in [-0.3, -0.25) is 9.59 Å². The molecule has 3 N–H and O–H groups in total. The first-order chi connectivity index (χ1) is 16.2. The summed E-state index contributed by atoms with van der Waals surface area (Å²) >= 11 is 6.12. The number of ether oxygens (including phenoxy) is 1. The molecule has 3 rings (SSSR count). The molecule has 0 saturated heterocycles. The number of nitrogens with one attached hydrogen (secondary N) is 1. The Labute approximate surface area is 208 Å². The molecule has 1 amide bonds. The van der Waals surface area contributed by atoms with E-state index in [1.807, 2.05) is 24.3 Å². The molecule has 0 heterocycles. The van der Waals surface area contributed by atoms with E-state index in [2.05, 4.69) is 31.3 Å². The molecule has 1 saturated carbocycles. The van der Waals surface area contributed by atoms with Crippen LogP contribution < -0.4 is 11.1 Å². The van der Waals surface area contributed by atoms with Gasteiger partial charge in [-0.25, -0.2) is 0 Å². The zero-order valence-corrected chi connectivity index (χ0v) is 21.2. The van der Waals surface area contributed by atoms with E-state index in [4.69, 9.17) is 22.1 Å². The first kappa shape index (κ1) is 26.2. The Morgan fingerprint density at radius 1 is 1.09 bits per heavy atom. The van der Waals surface area contributed by atoms with E-state index >= 15 is 0 Å². The molecule has 0 spiro atoms. The van der Waals surface area contributed by atoms with E-state index in [0.717, 1.165) is 23.4 Å². The number of hydrogen-bond acceptors (Lipinski definition) is 4. The van der Waals surface area contributed by atoms with Gasteiger partial charge in [-0.1, -0.05) is 49.7 Å². The van der Waals surface area contributed by atoms with Crippen molar-refractivity contribution in [1.29, 1.82) is 0 Å². The van der Waals surface area contributed by atoms with E-state index in [1.54, 1.807) is 19.1 Å². The minimum absolute atomic E-state index is 0.101. The van der Waals surface area contributed by atoms with Crippen LogP contribution in [-0.4, -0.2) is 31.1 Å². The standard InChI is InChI=1S/C28H37ClN2O3/c1-4-34-27(33)25(30)17-19-5-7-22(8-6-19)26(32)31-18-24(20-9-11-23(29)12-10-20)21-13-15-28(2,3)16-14-21/h5-12,21,24-25H,4,13-18,30H2,1-3H3,(H,31,32)/t24-,25-/m0/s1. The Morgan fingerprint density at radius 3 is 2.29 bits per heavy atom. The Bertz CT molecular complexity index is 947. The number of nitrogens with two attached hydrogens (primary N) is 1. The van der Waals surface area contributed by atoms with Crippen molar-refractivity contribution in [1.82, 2.24) is 5.32 Å². The third kappa shape index (κ3) is 7.31. The van der Waals surface area contributed by atoms with E-state index in [-0.39, 0.29) is 11.8 Å². The summed E-state index contributed by atoms with van der Waals surface area (Å²) in [5, 5.41) is 3.88. The number of hydrogen-bond donors (Lipinski definition) is 2. The highest BCUT2D eigenvalue weighted by Gasteiger charge is 2.32. The van der Waals surface area contributed by atoms with Gasteiger partial charge in [-0.15, -0.1) is 0 Å². The summed E-state index contributed by atoms with van der Waals surface area (Å²) in [6.45, 7) is 7.32. The summed E-state index contributed by atoms with van der Waals surface area (Å²) in [6.07, 6.45) is 5.09. The van der Waals surface area contributed by atoms with Gasteiger partial charge in [0.15, 0.2) is 0 Å². The fraction of sp³-hybridized carbons (Fsp3) is 0.500. The lowest BCUT2D eigenvalue weighted by molar-refractivity contribution is -0.144. The van der Waals surface area contributed by atoms with Crippen LogP contribution in [0.3, 0.4) is 0 Å². The molecule has 0 aliphatic heterocycles. The number of rotatable bonds is 9. The van der Waals surface area contributed by atoms with Crippen LogP contribution in [0.15, 0.2) is 48.5 Å². The van der Waals surface area contributed by atoms with Gasteiger partial charge in [0.2, 0.25) is 0 Å².